The van der Waals surface area contributed by atoms with Crippen LogP contribution < -0.4 is 5.73 Å². The normalized spacial score (nSPS) is 12.6. The quantitative estimate of drug-likeness (QED) is 0.855. The molecule has 1 aromatic heterocycles. The molecule has 1 aromatic carbocycles. The molecule has 0 fully saturated rings. The minimum atomic E-state index is 0.464. The van der Waals surface area contributed by atoms with E-state index in [0.717, 1.165) is 13.0 Å². The summed E-state index contributed by atoms with van der Waals surface area (Å²) in [6.07, 6.45) is 1.02. The van der Waals surface area contributed by atoms with E-state index in [4.69, 9.17) is 5.73 Å². The van der Waals surface area contributed by atoms with Crippen molar-refractivity contribution in [3.8, 4) is 0 Å². The van der Waals surface area contributed by atoms with Crippen LogP contribution in [-0.4, -0.2) is 6.54 Å². The summed E-state index contributed by atoms with van der Waals surface area (Å²) in [6, 6.07) is 13.1. The van der Waals surface area contributed by atoms with Crippen LogP contribution in [-0.2, 0) is 0 Å². The van der Waals surface area contributed by atoms with Gasteiger partial charge >= 0.3 is 0 Å². The molecule has 2 rings (SSSR count). The highest BCUT2D eigenvalue weighted by Gasteiger charge is 2.13. The topological polar surface area (TPSA) is 26.0 Å². The molecule has 1 unspecified atom stereocenters. The van der Waals surface area contributed by atoms with Crippen LogP contribution in [0.4, 0.5) is 0 Å². The predicted molar refractivity (Wildman–Crippen MR) is 71.0 cm³/mol. The first-order chi connectivity index (χ1) is 7.81. The molecule has 2 N–H and O–H groups in total. The minimum Gasteiger partial charge on any atom is -0.330 e. The van der Waals surface area contributed by atoms with Gasteiger partial charge < -0.3 is 5.73 Å². The molecule has 0 saturated heterocycles. The van der Waals surface area contributed by atoms with E-state index in [1.807, 2.05) is 11.3 Å². The van der Waals surface area contributed by atoms with E-state index >= 15 is 0 Å². The van der Waals surface area contributed by atoms with E-state index in [2.05, 4.69) is 48.7 Å². The van der Waals surface area contributed by atoms with Crippen LogP contribution in [0.3, 0.4) is 0 Å². The maximum Gasteiger partial charge on any atom is 0.0195 e. The Hall–Kier alpha value is -1.12. The van der Waals surface area contributed by atoms with Gasteiger partial charge in [-0.1, -0.05) is 35.9 Å². The van der Waals surface area contributed by atoms with Gasteiger partial charge in [-0.05, 0) is 36.9 Å². The summed E-state index contributed by atoms with van der Waals surface area (Å²) in [6.45, 7) is 2.85. The molecule has 0 bridgehead atoms. The van der Waals surface area contributed by atoms with Crippen molar-refractivity contribution in [2.75, 3.05) is 6.54 Å². The molecule has 16 heavy (non-hydrogen) atoms. The van der Waals surface area contributed by atoms with E-state index in [-0.39, 0.29) is 0 Å². The average Bonchev–Trinajstić information content (AvgIpc) is 2.81. The number of rotatable bonds is 4. The lowest BCUT2D eigenvalue weighted by Gasteiger charge is -2.15. The first-order valence-electron chi connectivity index (χ1n) is 5.61. The Bertz CT molecular complexity index is 417. The molecule has 84 valence electrons. The third kappa shape index (κ3) is 2.52. The van der Waals surface area contributed by atoms with Crippen molar-refractivity contribution in [3.63, 3.8) is 0 Å². The van der Waals surface area contributed by atoms with Gasteiger partial charge in [0.25, 0.3) is 0 Å². The molecule has 0 amide bonds. The van der Waals surface area contributed by atoms with Gasteiger partial charge in [0.05, 0.1) is 0 Å². The first-order valence-corrected chi connectivity index (χ1v) is 6.49. The van der Waals surface area contributed by atoms with Crippen molar-refractivity contribution in [2.24, 2.45) is 5.73 Å². The molecule has 2 aromatic rings. The van der Waals surface area contributed by atoms with Gasteiger partial charge in [-0.15, -0.1) is 11.3 Å². The Morgan fingerprint density at radius 1 is 1.19 bits per heavy atom. The Morgan fingerprint density at radius 3 is 2.50 bits per heavy atom. The van der Waals surface area contributed by atoms with Crippen LogP contribution in [0.25, 0.3) is 0 Å². The Morgan fingerprint density at radius 2 is 1.94 bits per heavy atom. The third-order valence-electron chi connectivity index (χ3n) is 2.82. The third-order valence-corrected chi connectivity index (χ3v) is 3.81. The zero-order chi connectivity index (χ0) is 11.4. The van der Waals surface area contributed by atoms with Crippen molar-refractivity contribution in [3.05, 3.63) is 57.8 Å². The van der Waals surface area contributed by atoms with Crippen LogP contribution in [0.5, 0.6) is 0 Å². The van der Waals surface area contributed by atoms with Gasteiger partial charge in [0, 0.05) is 10.8 Å². The van der Waals surface area contributed by atoms with Crippen molar-refractivity contribution in [1.82, 2.24) is 0 Å². The fourth-order valence-electron chi connectivity index (χ4n) is 1.93. The molecule has 1 heterocycles. The Kier molecular flexibility index (Phi) is 3.75. The van der Waals surface area contributed by atoms with E-state index < -0.39 is 0 Å². The number of hydrogen-bond acceptors (Lipinski definition) is 2. The van der Waals surface area contributed by atoms with Gasteiger partial charge in [-0.3, -0.25) is 0 Å². The van der Waals surface area contributed by atoms with Crippen LogP contribution in [0, 0.1) is 6.92 Å². The SMILES string of the molecule is Cc1ccc(C(CCN)c2cccs2)cc1. The second kappa shape index (κ2) is 5.28. The predicted octanol–water partition coefficient (Wildman–Crippen LogP) is 3.54. The summed E-state index contributed by atoms with van der Waals surface area (Å²) < 4.78 is 0. The summed E-state index contributed by atoms with van der Waals surface area (Å²) >= 11 is 1.81. The number of aryl methyl sites for hydroxylation is 1. The highest BCUT2D eigenvalue weighted by Crippen LogP contribution is 2.30. The fourth-order valence-corrected chi connectivity index (χ4v) is 2.82. The zero-order valence-electron chi connectivity index (χ0n) is 9.52. The monoisotopic (exact) mass is 231 g/mol. The first kappa shape index (κ1) is 11.4. The molecular formula is C14H17NS. The summed E-state index contributed by atoms with van der Waals surface area (Å²) in [4.78, 5) is 1.41. The van der Waals surface area contributed by atoms with Crippen LogP contribution in [0.15, 0.2) is 41.8 Å². The minimum absolute atomic E-state index is 0.464. The van der Waals surface area contributed by atoms with E-state index in [1.54, 1.807) is 0 Å². The molecule has 2 heteroatoms. The van der Waals surface area contributed by atoms with Gasteiger partial charge in [-0.2, -0.15) is 0 Å². The largest absolute Gasteiger partial charge is 0.330 e. The maximum atomic E-state index is 5.71. The molecule has 0 aliphatic carbocycles. The molecule has 0 saturated carbocycles. The van der Waals surface area contributed by atoms with Gasteiger partial charge in [0.15, 0.2) is 0 Å². The van der Waals surface area contributed by atoms with Crippen LogP contribution in [0.2, 0.25) is 0 Å². The van der Waals surface area contributed by atoms with Gasteiger partial charge in [-0.25, -0.2) is 0 Å². The van der Waals surface area contributed by atoms with E-state index in [0.29, 0.717) is 5.92 Å². The summed E-state index contributed by atoms with van der Waals surface area (Å²) in [7, 11) is 0. The van der Waals surface area contributed by atoms with Crippen molar-refractivity contribution >= 4 is 11.3 Å². The number of hydrogen-bond donors (Lipinski definition) is 1. The molecule has 0 radical (unpaired) electrons. The zero-order valence-corrected chi connectivity index (χ0v) is 10.3. The molecular weight excluding hydrogens is 214 g/mol. The smallest absolute Gasteiger partial charge is 0.0195 e. The lowest BCUT2D eigenvalue weighted by Crippen LogP contribution is -2.07. The lowest BCUT2D eigenvalue weighted by molar-refractivity contribution is 0.737. The van der Waals surface area contributed by atoms with Gasteiger partial charge in [0.1, 0.15) is 0 Å². The summed E-state index contributed by atoms with van der Waals surface area (Å²) in [5.41, 5.74) is 8.39. The second-order valence-electron chi connectivity index (χ2n) is 4.06. The van der Waals surface area contributed by atoms with Crippen molar-refractivity contribution < 1.29 is 0 Å². The fraction of sp³-hybridized carbons (Fsp3) is 0.286. The molecule has 1 atom stereocenters. The van der Waals surface area contributed by atoms with Crippen LogP contribution in [0.1, 0.15) is 28.3 Å². The summed E-state index contributed by atoms with van der Waals surface area (Å²) in [5, 5.41) is 2.13. The second-order valence-corrected chi connectivity index (χ2v) is 5.04. The average molecular weight is 231 g/mol. The maximum absolute atomic E-state index is 5.71. The highest BCUT2D eigenvalue weighted by molar-refractivity contribution is 7.10. The van der Waals surface area contributed by atoms with E-state index in [9.17, 15) is 0 Å². The van der Waals surface area contributed by atoms with E-state index in [1.165, 1.54) is 16.0 Å². The van der Waals surface area contributed by atoms with Crippen molar-refractivity contribution in [2.45, 2.75) is 19.3 Å². The highest BCUT2D eigenvalue weighted by atomic mass is 32.1. The summed E-state index contributed by atoms with van der Waals surface area (Å²) in [5.74, 6) is 0.464. The van der Waals surface area contributed by atoms with Crippen LogP contribution >= 0.6 is 11.3 Å². The number of thiophene rings is 1. The van der Waals surface area contributed by atoms with Gasteiger partial charge in [0.2, 0.25) is 0 Å². The Balaban J connectivity index is 2.29. The molecule has 0 spiro atoms. The Labute approximate surface area is 101 Å². The standard InChI is InChI=1S/C14H17NS/c1-11-4-6-12(7-5-11)13(8-9-15)14-3-2-10-16-14/h2-7,10,13H,8-9,15H2,1H3. The molecule has 1 nitrogen and oxygen atoms in total. The number of nitrogens with two attached hydrogens (primary N) is 1. The van der Waals surface area contributed by atoms with Crippen molar-refractivity contribution in [1.29, 1.82) is 0 Å². The molecule has 0 aliphatic rings. The molecule has 0 aliphatic heterocycles. The number of benzene rings is 1. The lowest BCUT2D eigenvalue weighted by atomic mass is 9.93.